The first kappa shape index (κ1) is 11.2. The minimum atomic E-state index is -0.672. The Hall–Kier alpha value is 0.170. The Morgan fingerprint density at radius 2 is 1.77 bits per heavy atom. The Bertz CT molecular complexity index is 202. The molecule has 4 heteroatoms. The van der Waals surface area contributed by atoms with E-state index in [1.165, 1.54) is 0 Å². The van der Waals surface area contributed by atoms with Gasteiger partial charge in [0.2, 0.25) is 0 Å². The molecule has 76 valence electrons. The Balaban J connectivity index is 2.93. The lowest BCUT2D eigenvalue weighted by molar-refractivity contribution is -0.139. The molecule has 0 unspecified atom stereocenters. The van der Waals surface area contributed by atoms with E-state index in [4.69, 9.17) is 0 Å². The van der Waals surface area contributed by atoms with Crippen LogP contribution in [0.4, 0.5) is 0 Å². The number of carbonyl (C=O) groups is 1. The summed E-state index contributed by atoms with van der Waals surface area (Å²) in [6.07, 6.45) is 1.13. The van der Waals surface area contributed by atoms with Crippen LogP contribution < -0.4 is 0 Å². The molecule has 0 radical (unpaired) electrons. The summed E-state index contributed by atoms with van der Waals surface area (Å²) in [5.74, 6) is 1.27. The third-order valence-electron chi connectivity index (χ3n) is 2.17. The van der Waals surface area contributed by atoms with Crippen molar-refractivity contribution in [3.8, 4) is 0 Å². The Kier molecular flexibility index (Phi) is 3.23. The lowest BCUT2D eigenvalue weighted by Gasteiger charge is -2.42. The maximum Gasteiger partial charge on any atom is 0.330 e. The zero-order chi connectivity index (χ0) is 10.1. The summed E-state index contributed by atoms with van der Waals surface area (Å²) < 4.78 is -0.634. The molecule has 0 spiro atoms. The van der Waals surface area contributed by atoms with E-state index in [0.29, 0.717) is 0 Å². The zero-order valence-electron chi connectivity index (χ0n) is 8.29. The van der Waals surface area contributed by atoms with Crippen LogP contribution in [0.25, 0.3) is 0 Å². The van der Waals surface area contributed by atoms with Gasteiger partial charge in [-0.15, -0.1) is 23.5 Å². The monoisotopic (exact) mass is 220 g/mol. The van der Waals surface area contributed by atoms with Gasteiger partial charge in [-0.1, -0.05) is 20.8 Å². The van der Waals surface area contributed by atoms with Gasteiger partial charge in [-0.2, -0.15) is 0 Å². The molecule has 1 heterocycles. The van der Waals surface area contributed by atoms with Crippen LogP contribution in [0.2, 0.25) is 0 Å². The van der Waals surface area contributed by atoms with Crippen molar-refractivity contribution >= 4 is 29.5 Å². The van der Waals surface area contributed by atoms with Crippen molar-refractivity contribution in [3.05, 3.63) is 0 Å². The van der Waals surface area contributed by atoms with E-state index in [2.05, 4.69) is 0 Å². The zero-order valence-corrected chi connectivity index (χ0v) is 9.93. The van der Waals surface area contributed by atoms with Crippen LogP contribution in [-0.2, 0) is 4.79 Å². The van der Waals surface area contributed by atoms with E-state index in [9.17, 15) is 9.90 Å². The molecule has 1 N–H and O–H groups in total. The highest BCUT2D eigenvalue weighted by molar-refractivity contribution is 8.19. The fourth-order valence-electron chi connectivity index (χ4n) is 1.41. The van der Waals surface area contributed by atoms with Gasteiger partial charge in [0.1, 0.15) is 0 Å². The molecule has 1 saturated heterocycles. The lowest BCUT2D eigenvalue weighted by Crippen LogP contribution is -2.46. The highest BCUT2D eigenvalue weighted by atomic mass is 32.2. The van der Waals surface area contributed by atoms with E-state index in [1.807, 2.05) is 20.8 Å². The van der Waals surface area contributed by atoms with Gasteiger partial charge < -0.3 is 5.11 Å². The predicted molar refractivity (Wildman–Crippen MR) is 59.4 cm³/mol. The molecule has 13 heavy (non-hydrogen) atoms. The van der Waals surface area contributed by atoms with Gasteiger partial charge >= 0.3 is 5.97 Å². The minimum absolute atomic E-state index is 0.186. The number of rotatable bonds is 1. The number of carboxylic acids is 1. The highest BCUT2D eigenvalue weighted by Gasteiger charge is 2.51. The number of carboxylic acid groups (broad SMARTS) is 1. The standard InChI is InChI=1S/C9H16O2S2/c1-8(2,3)9(7(10)11)12-5-4-6-13-9/h4-6H2,1-3H3,(H,10,11). The summed E-state index contributed by atoms with van der Waals surface area (Å²) in [6, 6.07) is 0. The van der Waals surface area contributed by atoms with Gasteiger partial charge in [0.05, 0.1) is 0 Å². The lowest BCUT2D eigenvalue weighted by atomic mass is 9.91. The normalized spacial score (nSPS) is 22.7. The Morgan fingerprint density at radius 3 is 2.00 bits per heavy atom. The summed E-state index contributed by atoms with van der Waals surface area (Å²) in [5.41, 5.74) is -0.186. The smallest absolute Gasteiger partial charge is 0.330 e. The molecule has 0 aromatic heterocycles. The summed E-state index contributed by atoms with van der Waals surface area (Å²) in [7, 11) is 0. The SMILES string of the molecule is CC(C)(C)C1(C(=O)O)SCCCS1. The highest BCUT2D eigenvalue weighted by Crippen LogP contribution is 2.53. The fraction of sp³-hybridized carbons (Fsp3) is 0.889. The molecule has 1 aliphatic heterocycles. The maximum atomic E-state index is 11.3. The van der Waals surface area contributed by atoms with E-state index < -0.39 is 10.0 Å². The maximum absolute atomic E-state index is 11.3. The quantitative estimate of drug-likeness (QED) is 0.737. The number of hydrogen-bond donors (Lipinski definition) is 1. The van der Waals surface area contributed by atoms with Crippen LogP contribution in [0, 0.1) is 5.41 Å². The summed E-state index contributed by atoms with van der Waals surface area (Å²) >= 11 is 3.18. The van der Waals surface area contributed by atoms with Crippen molar-refractivity contribution in [2.45, 2.75) is 31.3 Å². The molecule has 0 amide bonds. The van der Waals surface area contributed by atoms with Crippen molar-refractivity contribution in [1.82, 2.24) is 0 Å². The molecular formula is C9H16O2S2. The summed E-state index contributed by atoms with van der Waals surface area (Å²) in [5, 5.41) is 9.28. The fourth-order valence-corrected chi connectivity index (χ4v) is 4.69. The van der Waals surface area contributed by atoms with Crippen LogP contribution in [0.15, 0.2) is 0 Å². The van der Waals surface area contributed by atoms with E-state index in [-0.39, 0.29) is 5.41 Å². The van der Waals surface area contributed by atoms with Crippen molar-refractivity contribution in [2.24, 2.45) is 5.41 Å². The third kappa shape index (κ3) is 1.99. The Labute approximate surface area is 87.9 Å². The largest absolute Gasteiger partial charge is 0.480 e. The van der Waals surface area contributed by atoms with E-state index in [0.717, 1.165) is 17.9 Å². The number of aliphatic carboxylic acids is 1. The van der Waals surface area contributed by atoms with Crippen molar-refractivity contribution in [2.75, 3.05) is 11.5 Å². The average Bonchev–Trinajstić information content (AvgIpc) is 2.03. The molecule has 1 aliphatic rings. The molecule has 0 bridgehead atoms. The topological polar surface area (TPSA) is 37.3 Å². The van der Waals surface area contributed by atoms with Gasteiger partial charge in [0, 0.05) is 0 Å². The Morgan fingerprint density at radius 1 is 1.31 bits per heavy atom. The summed E-state index contributed by atoms with van der Waals surface area (Å²) in [4.78, 5) is 11.3. The first-order chi connectivity index (χ1) is 5.90. The van der Waals surface area contributed by atoms with Gasteiger partial charge in [-0.3, -0.25) is 0 Å². The van der Waals surface area contributed by atoms with Gasteiger partial charge in [-0.05, 0) is 23.3 Å². The third-order valence-corrected chi connectivity index (χ3v) is 6.25. The molecule has 1 rings (SSSR count). The van der Waals surface area contributed by atoms with Gasteiger partial charge in [-0.25, -0.2) is 4.79 Å². The molecule has 0 aliphatic carbocycles. The first-order valence-corrected chi connectivity index (χ1v) is 6.38. The first-order valence-electron chi connectivity index (χ1n) is 4.41. The van der Waals surface area contributed by atoms with Crippen molar-refractivity contribution in [1.29, 1.82) is 0 Å². The second kappa shape index (κ2) is 3.73. The van der Waals surface area contributed by atoms with Gasteiger partial charge in [0.25, 0.3) is 0 Å². The minimum Gasteiger partial charge on any atom is -0.480 e. The average molecular weight is 220 g/mol. The molecule has 1 fully saturated rings. The molecule has 0 aromatic rings. The van der Waals surface area contributed by atoms with Crippen LogP contribution in [0.3, 0.4) is 0 Å². The van der Waals surface area contributed by atoms with Crippen molar-refractivity contribution < 1.29 is 9.90 Å². The van der Waals surface area contributed by atoms with Gasteiger partial charge in [0.15, 0.2) is 4.08 Å². The van der Waals surface area contributed by atoms with E-state index in [1.54, 1.807) is 23.5 Å². The van der Waals surface area contributed by atoms with Crippen LogP contribution in [0.5, 0.6) is 0 Å². The molecule has 0 atom stereocenters. The van der Waals surface area contributed by atoms with Crippen LogP contribution in [0.1, 0.15) is 27.2 Å². The van der Waals surface area contributed by atoms with E-state index >= 15 is 0 Å². The van der Waals surface area contributed by atoms with Crippen LogP contribution >= 0.6 is 23.5 Å². The molecule has 2 nitrogen and oxygen atoms in total. The van der Waals surface area contributed by atoms with Crippen molar-refractivity contribution in [3.63, 3.8) is 0 Å². The molecular weight excluding hydrogens is 204 g/mol. The number of hydrogen-bond acceptors (Lipinski definition) is 3. The number of thioether (sulfide) groups is 2. The molecule has 0 aromatic carbocycles. The second-order valence-corrected chi connectivity index (χ2v) is 7.10. The second-order valence-electron chi connectivity index (χ2n) is 4.22. The summed E-state index contributed by atoms with van der Waals surface area (Å²) in [6.45, 7) is 6.02. The predicted octanol–water partition coefficient (Wildman–Crippen LogP) is 2.68. The van der Waals surface area contributed by atoms with Crippen LogP contribution in [-0.4, -0.2) is 26.7 Å². The molecule has 0 saturated carbocycles.